The number of rotatable bonds is 2. The molecule has 0 saturated carbocycles. The van der Waals surface area contributed by atoms with E-state index in [0.717, 1.165) is 24.8 Å². The molecular formula is C15H21N3O2S. The van der Waals surface area contributed by atoms with Gasteiger partial charge in [0.2, 0.25) is 10.0 Å². The second-order valence-electron chi connectivity index (χ2n) is 5.92. The lowest BCUT2D eigenvalue weighted by molar-refractivity contribution is 0.204. The molecule has 1 aromatic heterocycles. The fourth-order valence-corrected chi connectivity index (χ4v) is 5.35. The Balaban J connectivity index is 2.13. The molecule has 0 aliphatic carbocycles. The van der Waals surface area contributed by atoms with Crippen LogP contribution in [0.3, 0.4) is 0 Å². The normalized spacial score (nSPS) is 24.5. The van der Waals surface area contributed by atoms with Crippen molar-refractivity contribution in [3.05, 3.63) is 24.4 Å². The zero-order valence-electron chi connectivity index (χ0n) is 12.3. The summed E-state index contributed by atoms with van der Waals surface area (Å²) in [6.45, 7) is 3.97. The zero-order valence-corrected chi connectivity index (χ0v) is 13.2. The molecule has 5 nitrogen and oxygen atoms in total. The molecule has 2 heterocycles. The van der Waals surface area contributed by atoms with Crippen molar-refractivity contribution in [2.24, 2.45) is 0 Å². The summed E-state index contributed by atoms with van der Waals surface area (Å²) >= 11 is 0. The van der Waals surface area contributed by atoms with E-state index < -0.39 is 10.0 Å². The van der Waals surface area contributed by atoms with Gasteiger partial charge >= 0.3 is 0 Å². The van der Waals surface area contributed by atoms with Crippen LogP contribution in [0, 0.1) is 0 Å². The molecule has 1 aromatic carbocycles. The van der Waals surface area contributed by atoms with Gasteiger partial charge in [-0.15, -0.1) is 0 Å². The van der Waals surface area contributed by atoms with Crippen LogP contribution in [0.1, 0.15) is 33.1 Å². The van der Waals surface area contributed by atoms with Crippen molar-refractivity contribution >= 4 is 26.6 Å². The first-order chi connectivity index (χ1) is 9.91. The van der Waals surface area contributed by atoms with Gasteiger partial charge in [0.1, 0.15) is 4.90 Å². The summed E-state index contributed by atoms with van der Waals surface area (Å²) in [6, 6.07) is 5.36. The van der Waals surface area contributed by atoms with E-state index >= 15 is 0 Å². The lowest BCUT2D eigenvalue weighted by Crippen LogP contribution is -2.47. The molecule has 1 saturated heterocycles. The Hall–Kier alpha value is -1.53. The highest BCUT2D eigenvalue weighted by Gasteiger charge is 2.36. The van der Waals surface area contributed by atoms with Gasteiger partial charge in [-0.3, -0.25) is 0 Å². The first-order valence-corrected chi connectivity index (χ1v) is 8.75. The Bertz CT molecular complexity index is 756. The van der Waals surface area contributed by atoms with Crippen molar-refractivity contribution < 1.29 is 8.42 Å². The van der Waals surface area contributed by atoms with E-state index in [1.807, 2.05) is 19.9 Å². The lowest BCUT2D eigenvalue weighted by atomic mass is 10.0. The molecular weight excluding hydrogens is 286 g/mol. The van der Waals surface area contributed by atoms with Crippen molar-refractivity contribution in [1.29, 1.82) is 0 Å². The summed E-state index contributed by atoms with van der Waals surface area (Å²) in [5.74, 6) is 0. The smallest absolute Gasteiger partial charge is 0.245 e. The van der Waals surface area contributed by atoms with Gasteiger partial charge in [0.25, 0.3) is 0 Å². The Morgan fingerprint density at radius 3 is 2.57 bits per heavy atom. The van der Waals surface area contributed by atoms with Gasteiger partial charge in [-0.2, -0.15) is 4.31 Å². The summed E-state index contributed by atoms with van der Waals surface area (Å²) in [5.41, 5.74) is 7.17. The number of benzene rings is 1. The minimum absolute atomic E-state index is 0.0322. The van der Waals surface area contributed by atoms with Crippen LogP contribution >= 0.6 is 0 Å². The summed E-state index contributed by atoms with van der Waals surface area (Å²) in [7, 11) is -3.51. The molecule has 0 bridgehead atoms. The molecule has 2 atom stereocenters. The molecule has 1 aliphatic heterocycles. The maximum atomic E-state index is 13.1. The van der Waals surface area contributed by atoms with Gasteiger partial charge in [-0.25, -0.2) is 8.42 Å². The summed E-state index contributed by atoms with van der Waals surface area (Å²) in [4.78, 5) is 3.35. The number of nitrogens with zero attached hydrogens (tertiary/aromatic N) is 1. The number of sulfonamides is 1. The molecule has 3 rings (SSSR count). The average Bonchev–Trinajstić information content (AvgIpc) is 2.81. The van der Waals surface area contributed by atoms with E-state index in [0.29, 0.717) is 16.0 Å². The highest BCUT2D eigenvalue weighted by atomic mass is 32.2. The average molecular weight is 307 g/mol. The third-order valence-electron chi connectivity index (χ3n) is 4.34. The van der Waals surface area contributed by atoms with Crippen molar-refractivity contribution in [2.45, 2.75) is 50.1 Å². The van der Waals surface area contributed by atoms with Crippen LogP contribution in [0.15, 0.2) is 29.3 Å². The van der Waals surface area contributed by atoms with Gasteiger partial charge in [-0.05, 0) is 44.9 Å². The number of fused-ring (bicyclic) bond motifs is 1. The highest BCUT2D eigenvalue weighted by Crippen LogP contribution is 2.33. The van der Waals surface area contributed by atoms with E-state index in [9.17, 15) is 8.42 Å². The lowest BCUT2D eigenvalue weighted by Gasteiger charge is -2.37. The van der Waals surface area contributed by atoms with Crippen molar-refractivity contribution in [3.63, 3.8) is 0 Å². The standard InChI is InChI=1S/C15H21N3O2S/c1-10-4-3-5-11(2)18(10)21(19,20)15-9-17-14-7-6-12(16)8-13(14)15/h6-11,17H,3-5,16H2,1-2H3. The maximum Gasteiger partial charge on any atom is 0.245 e. The number of piperidine rings is 1. The number of aromatic amines is 1. The number of nitrogen functional groups attached to an aromatic ring is 1. The Morgan fingerprint density at radius 2 is 1.90 bits per heavy atom. The number of hydrogen-bond acceptors (Lipinski definition) is 3. The number of hydrogen-bond donors (Lipinski definition) is 2. The third kappa shape index (κ3) is 2.32. The zero-order chi connectivity index (χ0) is 15.2. The molecule has 21 heavy (non-hydrogen) atoms. The Kier molecular flexibility index (Phi) is 3.45. The SMILES string of the molecule is CC1CCCC(C)N1S(=O)(=O)c1c[nH]c2ccc(N)cc12. The van der Waals surface area contributed by atoms with Crippen LogP contribution in [0.5, 0.6) is 0 Å². The minimum atomic E-state index is -3.51. The molecule has 2 unspecified atom stereocenters. The molecule has 0 radical (unpaired) electrons. The quantitative estimate of drug-likeness (QED) is 0.837. The third-order valence-corrected chi connectivity index (χ3v) is 6.50. The number of nitrogens with one attached hydrogen (secondary N) is 1. The second kappa shape index (κ2) is 5.03. The molecule has 1 fully saturated rings. The van der Waals surface area contributed by atoms with Gasteiger partial charge in [0.15, 0.2) is 0 Å². The van der Waals surface area contributed by atoms with Crippen LogP contribution in [0.2, 0.25) is 0 Å². The fourth-order valence-electron chi connectivity index (χ4n) is 3.31. The van der Waals surface area contributed by atoms with Crippen LogP contribution in [-0.4, -0.2) is 29.8 Å². The second-order valence-corrected chi connectivity index (χ2v) is 7.73. The molecule has 3 N–H and O–H groups in total. The van der Waals surface area contributed by atoms with Gasteiger partial charge in [-0.1, -0.05) is 6.42 Å². The first-order valence-electron chi connectivity index (χ1n) is 7.31. The largest absolute Gasteiger partial charge is 0.399 e. The van der Waals surface area contributed by atoms with E-state index in [1.165, 1.54) is 0 Å². The number of aromatic nitrogens is 1. The highest BCUT2D eigenvalue weighted by molar-refractivity contribution is 7.89. The van der Waals surface area contributed by atoms with E-state index in [-0.39, 0.29) is 12.1 Å². The topological polar surface area (TPSA) is 79.2 Å². The van der Waals surface area contributed by atoms with Crippen LogP contribution < -0.4 is 5.73 Å². The Labute approximate surface area is 125 Å². The first kappa shape index (κ1) is 14.4. The molecule has 6 heteroatoms. The summed E-state index contributed by atoms with van der Waals surface area (Å²) in [6.07, 6.45) is 4.48. The van der Waals surface area contributed by atoms with Crippen molar-refractivity contribution in [1.82, 2.24) is 9.29 Å². The predicted molar refractivity (Wildman–Crippen MR) is 84.5 cm³/mol. The van der Waals surface area contributed by atoms with Gasteiger partial charge in [0.05, 0.1) is 0 Å². The van der Waals surface area contributed by atoms with Gasteiger partial charge in [0, 0.05) is 34.9 Å². The summed E-state index contributed by atoms with van der Waals surface area (Å²) in [5, 5.41) is 0.667. The van der Waals surface area contributed by atoms with E-state index in [4.69, 9.17) is 5.73 Å². The van der Waals surface area contributed by atoms with Crippen LogP contribution in [0.4, 0.5) is 5.69 Å². The number of anilines is 1. The molecule has 0 spiro atoms. The van der Waals surface area contributed by atoms with E-state index in [2.05, 4.69) is 4.98 Å². The van der Waals surface area contributed by atoms with Crippen LogP contribution in [-0.2, 0) is 10.0 Å². The molecule has 2 aromatic rings. The van der Waals surface area contributed by atoms with E-state index in [1.54, 1.807) is 22.6 Å². The van der Waals surface area contributed by atoms with Gasteiger partial charge < -0.3 is 10.7 Å². The fraction of sp³-hybridized carbons (Fsp3) is 0.467. The predicted octanol–water partition coefficient (Wildman–Crippen LogP) is 2.70. The Morgan fingerprint density at radius 1 is 1.24 bits per heavy atom. The molecule has 1 aliphatic rings. The summed E-state index contributed by atoms with van der Waals surface area (Å²) < 4.78 is 27.8. The monoisotopic (exact) mass is 307 g/mol. The minimum Gasteiger partial charge on any atom is -0.399 e. The molecule has 114 valence electrons. The number of nitrogens with two attached hydrogens (primary N) is 1. The maximum absolute atomic E-state index is 13.1. The van der Waals surface area contributed by atoms with Crippen molar-refractivity contribution in [3.8, 4) is 0 Å². The molecule has 0 amide bonds. The van der Waals surface area contributed by atoms with Crippen LogP contribution in [0.25, 0.3) is 10.9 Å². The number of H-pyrrole nitrogens is 1. The van der Waals surface area contributed by atoms with Crippen molar-refractivity contribution in [2.75, 3.05) is 5.73 Å².